The van der Waals surface area contributed by atoms with Crippen molar-refractivity contribution < 1.29 is 19.4 Å². The van der Waals surface area contributed by atoms with Crippen molar-refractivity contribution in [3.05, 3.63) is 18.2 Å². The van der Waals surface area contributed by atoms with Gasteiger partial charge in [-0.05, 0) is 12.8 Å². The number of carboxylic acids is 1. The summed E-state index contributed by atoms with van der Waals surface area (Å²) in [7, 11) is 1.57. The van der Waals surface area contributed by atoms with E-state index in [2.05, 4.69) is 15.3 Å². The first-order valence-corrected chi connectivity index (χ1v) is 6.88. The van der Waals surface area contributed by atoms with Crippen molar-refractivity contribution in [2.45, 2.75) is 31.3 Å². The molecule has 1 aliphatic carbocycles. The summed E-state index contributed by atoms with van der Waals surface area (Å²) in [6, 6.07) is -1.15. The zero-order valence-corrected chi connectivity index (χ0v) is 11.9. The lowest BCUT2D eigenvalue weighted by atomic mass is 10.1. The highest BCUT2D eigenvalue weighted by molar-refractivity contribution is 5.83. The number of hydrogen-bond acceptors (Lipinski definition) is 4. The number of carbonyl (C=O) groups is 2. The first kappa shape index (κ1) is 15.3. The van der Waals surface area contributed by atoms with E-state index in [0.29, 0.717) is 18.8 Å². The zero-order valence-electron chi connectivity index (χ0n) is 11.9. The third kappa shape index (κ3) is 4.45. The molecule has 3 N–H and O–H groups in total. The average Bonchev–Trinajstić information content (AvgIpc) is 3.15. The van der Waals surface area contributed by atoms with Gasteiger partial charge in [0.2, 0.25) is 0 Å². The lowest BCUT2D eigenvalue weighted by Crippen LogP contribution is -2.50. The number of aromatic nitrogens is 2. The molecule has 0 saturated heterocycles. The molecule has 1 heterocycles. The summed E-state index contributed by atoms with van der Waals surface area (Å²) in [4.78, 5) is 31.9. The van der Waals surface area contributed by atoms with E-state index in [1.807, 2.05) is 0 Å². The van der Waals surface area contributed by atoms with E-state index >= 15 is 0 Å². The second-order valence-corrected chi connectivity index (χ2v) is 5.04. The molecule has 1 aliphatic rings. The molecule has 1 aromatic heterocycles. The molecule has 0 unspecified atom stereocenters. The van der Waals surface area contributed by atoms with Gasteiger partial charge in [0.15, 0.2) is 0 Å². The molecular weight excluding hydrogens is 276 g/mol. The summed E-state index contributed by atoms with van der Waals surface area (Å²) in [6.45, 7) is 0.894. The summed E-state index contributed by atoms with van der Waals surface area (Å²) >= 11 is 0. The van der Waals surface area contributed by atoms with Crippen LogP contribution < -0.4 is 5.32 Å². The van der Waals surface area contributed by atoms with E-state index in [4.69, 9.17) is 4.74 Å². The van der Waals surface area contributed by atoms with Crippen molar-refractivity contribution in [3.63, 3.8) is 0 Å². The number of nitrogens with zero attached hydrogens (tertiary/aromatic N) is 2. The molecule has 21 heavy (non-hydrogen) atoms. The standard InChI is InChI=1S/C13H20N4O4/c1-21-5-4-17(10-2-3-10)13(20)16-11(12(18)19)6-9-7-14-8-15-9/h7-8,10-11H,2-6H2,1H3,(H,14,15)(H,16,20)(H,18,19)/t11-/m0/s1. The molecular formula is C13H20N4O4. The Morgan fingerprint density at radius 2 is 2.38 bits per heavy atom. The fraction of sp³-hybridized carbons (Fsp3) is 0.615. The lowest BCUT2D eigenvalue weighted by Gasteiger charge is -2.24. The van der Waals surface area contributed by atoms with Gasteiger partial charge in [-0.1, -0.05) is 0 Å². The number of carbonyl (C=O) groups excluding carboxylic acids is 1. The van der Waals surface area contributed by atoms with Gasteiger partial charge in [-0.15, -0.1) is 0 Å². The summed E-state index contributed by atoms with van der Waals surface area (Å²) in [5.41, 5.74) is 0.664. The average molecular weight is 296 g/mol. The van der Waals surface area contributed by atoms with Crippen LogP contribution in [-0.4, -0.2) is 64.3 Å². The minimum Gasteiger partial charge on any atom is -0.480 e. The minimum absolute atomic E-state index is 0.170. The molecule has 1 fully saturated rings. The van der Waals surface area contributed by atoms with Gasteiger partial charge in [-0.3, -0.25) is 0 Å². The maximum Gasteiger partial charge on any atom is 0.326 e. The molecule has 0 aliphatic heterocycles. The van der Waals surface area contributed by atoms with Crippen LogP contribution in [0.5, 0.6) is 0 Å². The zero-order chi connectivity index (χ0) is 15.2. The van der Waals surface area contributed by atoms with E-state index in [1.165, 1.54) is 6.33 Å². The number of imidazole rings is 1. The first-order chi connectivity index (χ1) is 10.1. The van der Waals surface area contributed by atoms with E-state index < -0.39 is 12.0 Å². The quantitative estimate of drug-likeness (QED) is 0.636. The molecule has 2 amide bonds. The maximum absolute atomic E-state index is 12.2. The number of rotatable bonds is 8. The molecule has 0 radical (unpaired) electrons. The van der Waals surface area contributed by atoms with E-state index in [0.717, 1.165) is 12.8 Å². The number of urea groups is 1. The number of nitrogens with one attached hydrogen (secondary N) is 2. The third-order valence-electron chi connectivity index (χ3n) is 3.36. The Bertz CT molecular complexity index is 473. The van der Waals surface area contributed by atoms with Crippen LogP contribution in [0, 0.1) is 0 Å². The molecule has 0 bridgehead atoms. The van der Waals surface area contributed by atoms with Gasteiger partial charge in [0.25, 0.3) is 0 Å². The van der Waals surface area contributed by atoms with Gasteiger partial charge in [-0.2, -0.15) is 0 Å². The van der Waals surface area contributed by atoms with Crippen molar-refractivity contribution >= 4 is 12.0 Å². The summed E-state index contributed by atoms with van der Waals surface area (Å²) in [5, 5.41) is 11.8. The fourth-order valence-electron chi connectivity index (χ4n) is 2.07. The topological polar surface area (TPSA) is 108 Å². The van der Waals surface area contributed by atoms with Crippen molar-refractivity contribution in [2.75, 3.05) is 20.3 Å². The summed E-state index contributed by atoms with van der Waals surface area (Å²) < 4.78 is 4.99. The number of hydrogen-bond donors (Lipinski definition) is 3. The predicted molar refractivity (Wildman–Crippen MR) is 73.9 cm³/mol. The van der Waals surface area contributed by atoms with Crippen molar-refractivity contribution in [2.24, 2.45) is 0 Å². The van der Waals surface area contributed by atoms with E-state index in [-0.39, 0.29) is 18.5 Å². The molecule has 8 nitrogen and oxygen atoms in total. The van der Waals surface area contributed by atoms with Crippen LogP contribution in [-0.2, 0) is 16.0 Å². The van der Waals surface area contributed by atoms with Crippen LogP contribution in [0.15, 0.2) is 12.5 Å². The monoisotopic (exact) mass is 296 g/mol. The van der Waals surface area contributed by atoms with Gasteiger partial charge in [0.1, 0.15) is 6.04 Å². The highest BCUT2D eigenvalue weighted by atomic mass is 16.5. The highest BCUT2D eigenvalue weighted by Crippen LogP contribution is 2.26. The third-order valence-corrected chi connectivity index (χ3v) is 3.36. The number of H-pyrrole nitrogens is 1. The number of amides is 2. The van der Waals surface area contributed by atoms with Crippen LogP contribution in [0.3, 0.4) is 0 Å². The van der Waals surface area contributed by atoms with Crippen molar-refractivity contribution in [3.8, 4) is 0 Å². The van der Waals surface area contributed by atoms with Gasteiger partial charge in [0, 0.05) is 38.0 Å². The maximum atomic E-state index is 12.2. The molecule has 2 rings (SSSR count). The number of ether oxygens (including phenoxy) is 1. The lowest BCUT2D eigenvalue weighted by molar-refractivity contribution is -0.139. The number of carboxylic acid groups (broad SMARTS) is 1. The molecule has 116 valence electrons. The summed E-state index contributed by atoms with van der Waals surface area (Å²) in [6.07, 6.45) is 5.10. The van der Waals surface area contributed by atoms with Gasteiger partial charge >= 0.3 is 12.0 Å². The van der Waals surface area contributed by atoms with Gasteiger partial charge in [-0.25, -0.2) is 14.6 Å². The number of methoxy groups -OCH3 is 1. The molecule has 1 aromatic rings. The van der Waals surface area contributed by atoms with E-state index in [9.17, 15) is 14.7 Å². The second-order valence-electron chi connectivity index (χ2n) is 5.04. The van der Waals surface area contributed by atoms with Gasteiger partial charge < -0.3 is 25.0 Å². The molecule has 8 heteroatoms. The Labute approximate surface area is 122 Å². The number of aromatic amines is 1. The van der Waals surface area contributed by atoms with Crippen LogP contribution >= 0.6 is 0 Å². The van der Waals surface area contributed by atoms with Crippen molar-refractivity contribution in [1.82, 2.24) is 20.2 Å². The molecule has 0 aromatic carbocycles. The molecule has 1 atom stereocenters. The predicted octanol–water partition coefficient (Wildman–Crippen LogP) is 0.226. The van der Waals surface area contributed by atoms with Crippen LogP contribution in [0.2, 0.25) is 0 Å². The van der Waals surface area contributed by atoms with Crippen molar-refractivity contribution in [1.29, 1.82) is 0 Å². The smallest absolute Gasteiger partial charge is 0.326 e. The Morgan fingerprint density at radius 3 is 2.90 bits per heavy atom. The Balaban J connectivity index is 1.94. The number of aliphatic carboxylic acids is 1. The summed E-state index contributed by atoms with van der Waals surface area (Å²) in [5.74, 6) is -1.07. The normalized spacial score (nSPS) is 15.5. The Kier molecular flexibility index (Phi) is 5.15. The van der Waals surface area contributed by atoms with Gasteiger partial charge in [0.05, 0.1) is 12.9 Å². The largest absolute Gasteiger partial charge is 0.480 e. The minimum atomic E-state index is -1.07. The van der Waals surface area contributed by atoms with Crippen LogP contribution in [0.25, 0.3) is 0 Å². The molecule has 0 spiro atoms. The second kappa shape index (κ2) is 7.07. The Hall–Kier alpha value is -2.09. The first-order valence-electron chi connectivity index (χ1n) is 6.88. The van der Waals surface area contributed by atoms with Crippen LogP contribution in [0.4, 0.5) is 4.79 Å². The van der Waals surface area contributed by atoms with E-state index in [1.54, 1.807) is 18.2 Å². The van der Waals surface area contributed by atoms with Crippen LogP contribution in [0.1, 0.15) is 18.5 Å². The fourth-order valence-corrected chi connectivity index (χ4v) is 2.07. The highest BCUT2D eigenvalue weighted by Gasteiger charge is 2.34. The molecule has 1 saturated carbocycles. The Morgan fingerprint density at radius 1 is 1.62 bits per heavy atom. The SMILES string of the molecule is COCCN(C(=O)N[C@@H](Cc1cnc[nH]1)C(=O)O)C1CC1.